The molecule has 0 spiro atoms. The standard InChI is InChI=1S/C27H20F2N8O/c28-24(29)19-7-4-8-21-23(19)27(38)37(18-5-2-1-3-6-18)22(36-21)11-12-33-26-20(25(30)34-16-35-26)10-9-17-15-31-13-14-32-17/h1-8,13-16,24H,11-12H2,(H3,30,33,34,35). The molecule has 2 aromatic carbocycles. The second-order valence-corrected chi connectivity index (χ2v) is 8.05. The number of nitrogens with one attached hydrogen (secondary N) is 1. The summed E-state index contributed by atoms with van der Waals surface area (Å²) in [6.07, 6.45) is 3.36. The second-order valence-electron chi connectivity index (χ2n) is 8.05. The minimum absolute atomic E-state index is 0.104. The van der Waals surface area contributed by atoms with Crippen molar-refractivity contribution in [3.8, 4) is 17.5 Å². The molecule has 11 heteroatoms. The van der Waals surface area contributed by atoms with Gasteiger partial charge in [0.05, 0.1) is 22.8 Å². The number of benzene rings is 2. The van der Waals surface area contributed by atoms with E-state index in [2.05, 4.69) is 42.1 Å². The van der Waals surface area contributed by atoms with Crippen molar-refractivity contribution in [2.45, 2.75) is 12.8 Å². The molecule has 0 bridgehead atoms. The molecule has 0 saturated carbocycles. The van der Waals surface area contributed by atoms with Crippen LogP contribution in [-0.4, -0.2) is 36.0 Å². The van der Waals surface area contributed by atoms with Gasteiger partial charge in [0, 0.05) is 30.9 Å². The average molecular weight is 511 g/mol. The lowest BCUT2D eigenvalue weighted by Gasteiger charge is -2.16. The molecule has 3 aromatic heterocycles. The fourth-order valence-corrected chi connectivity index (χ4v) is 3.93. The summed E-state index contributed by atoms with van der Waals surface area (Å²) in [5.41, 5.74) is 6.69. The number of hydrogen-bond acceptors (Lipinski definition) is 8. The van der Waals surface area contributed by atoms with Crippen molar-refractivity contribution < 1.29 is 8.78 Å². The summed E-state index contributed by atoms with van der Waals surface area (Å²) in [6, 6.07) is 13.0. The van der Waals surface area contributed by atoms with Crippen LogP contribution in [0, 0.1) is 11.8 Å². The number of alkyl halides is 2. The zero-order valence-electron chi connectivity index (χ0n) is 19.8. The Hall–Kier alpha value is -5.24. The summed E-state index contributed by atoms with van der Waals surface area (Å²) in [7, 11) is 0. The molecule has 9 nitrogen and oxygen atoms in total. The molecule has 38 heavy (non-hydrogen) atoms. The van der Waals surface area contributed by atoms with Gasteiger partial charge >= 0.3 is 0 Å². The number of halogens is 2. The highest BCUT2D eigenvalue weighted by molar-refractivity contribution is 5.82. The lowest BCUT2D eigenvalue weighted by molar-refractivity contribution is 0.153. The van der Waals surface area contributed by atoms with Crippen LogP contribution in [0.25, 0.3) is 16.6 Å². The van der Waals surface area contributed by atoms with E-state index in [1.165, 1.54) is 35.4 Å². The molecule has 188 valence electrons. The minimum atomic E-state index is -2.81. The molecule has 0 aliphatic heterocycles. The number of para-hydroxylation sites is 1. The van der Waals surface area contributed by atoms with Crippen LogP contribution in [0.1, 0.15) is 29.1 Å². The second kappa shape index (κ2) is 10.8. The van der Waals surface area contributed by atoms with Gasteiger partial charge in [-0.1, -0.05) is 36.3 Å². The monoisotopic (exact) mass is 510 g/mol. The van der Waals surface area contributed by atoms with E-state index in [0.29, 0.717) is 28.6 Å². The topological polar surface area (TPSA) is 124 Å². The maximum atomic E-state index is 13.7. The van der Waals surface area contributed by atoms with Gasteiger partial charge in [-0.25, -0.2) is 28.7 Å². The van der Waals surface area contributed by atoms with Crippen LogP contribution in [-0.2, 0) is 6.42 Å². The van der Waals surface area contributed by atoms with E-state index in [-0.39, 0.29) is 35.2 Å². The molecule has 3 N–H and O–H groups in total. The first kappa shape index (κ1) is 24.5. The Morgan fingerprint density at radius 2 is 1.84 bits per heavy atom. The van der Waals surface area contributed by atoms with Crippen LogP contribution in [0.5, 0.6) is 0 Å². The number of fused-ring (bicyclic) bond motifs is 1. The summed E-state index contributed by atoms with van der Waals surface area (Å²) >= 11 is 0. The highest BCUT2D eigenvalue weighted by atomic mass is 19.3. The van der Waals surface area contributed by atoms with Crippen molar-refractivity contribution >= 4 is 22.5 Å². The van der Waals surface area contributed by atoms with E-state index in [4.69, 9.17) is 5.73 Å². The smallest absolute Gasteiger partial charge is 0.266 e. The number of rotatable bonds is 6. The summed E-state index contributed by atoms with van der Waals surface area (Å²) in [4.78, 5) is 34.5. The maximum absolute atomic E-state index is 13.7. The number of nitrogens with two attached hydrogens (primary N) is 1. The van der Waals surface area contributed by atoms with Gasteiger partial charge in [-0.05, 0) is 24.1 Å². The Balaban J connectivity index is 1.50. The molecule has 0 atom stereocenters. The van der Waals surface area contributed by atoms with Gasteiger partial charge in [0.25, 0.3) is 12.0 Å². The summed E-state index contributed by atoms with van der Waals surface area (Å²) in [6.45, 7) is 0.287. The Morgan fingerprint density at radius 3 is 2.61 bits per heavy atom. The molecule has 0 aliphatic carbocycles. The third-order valence-electron chi connectivity index (χ3n) is 5.65. The molecule has 0 aliphatic rings. The zero-order valence-corrected chi connectivity index (χ0v) is 19.8. The molecule has 3 heterocycles. The summed E-state index contributed by atoms with van der Waals surface area (Å²) in [5, 5.41) is 3.07. The molecular formula is C27H20F2N8O. The van der Waals surface area contributed by atoms with E-state index in [0.717, 1.165) is 0 Å². The largest absolute Gasteiger partial charge is 0.382 e. The van der Waals surface area contributed by atoms with Crippen LogP contribution in [0.15, 0.2) is 78.2 Å². The van der Waals surface area contributed by atoms with Gasteiger partial charge in [-0.15, -0.1) is 0 Å². The lowest BCUT2D eigenvalue weighted by atomic mass is 10.1. The average Bonchev–Trinajstić information content (AvgIpc) is 2.93. The van der Waals surface area contributed by atoms with E-state index < -0.39 is 12.0 Å². The molecule has 0 radical (unpaired) electrons. The molecular weight excluding hydrogens is 490 g/mol. The number of anilines is 2. The van der Waals surface area contributed by atoms with Gasteiger partial charge < -0.3 is 11.1 Å². The van der Waals surface area contributed by atoms with Crippen molar-refractivity contribution in [3.05, 3.63) is 106 Å². The lowest BCUT2D eigenvalue weighted by Crippen LogP contribution is -2.26. The normalized spacial score (nSPS) is 10.8. The molecule has 0 fully saturated rings. The predicted molar refractivity (Wildman–Crippen MR) is 139 cm³/mol. The molecule has 5 aromatic rings. The highest BCUT2D eigenvalue weighted by Gasteiger charge is 2.19. The number of hydrogen-bond donors (Lipinski definition) is 2. The molecule has 0 amide bonds. The zero-order chi connectivity index (χ0) is 26.5. The third-order valence-corrected chi connectivity index (χ3v) is 5.65. The fourth-order valence-electron chi connectivity index (χ4n) is 3.93. The first-order valence-corrected chi connectivity index (χ1v) is 11.5. The van der Waals surface area contributed by atoms with Gasteiger partial charge in [0.15, 0.2) is 0 Å². The van der Waals surface area contributed by atoms with Crippen LogP contribution < -0.4 is 16.6 Å². The maximum Gasteiger partial charge on any atom is 0.266 e. The van der Waals surface area contributed by atoms with Gasteiger partial charge in [0.1, 0.15) is 35.0 Å². The van der Waals surface area contributed by atoms with Crippen LogP contribution in [0.2, 0.25) is 0 Å². The van der Waals surface area contributed by atoms with Crippen LogP contribution in [0.4, 0.5) is 20.4 Å². The summed E-state index contributed by atoms with van der Waals surface area (Å²) in [5.74, 6) is 6.77. The van der Waals surface area contributed by atoms with Crippen LogP contribution >= 0.6 is 0 Å². The Labute approximate surface area is 215 Å². The van der Waals surface area contributed by atoms with Crippen molar-refractivity contribution in [1.29, 1.82) is 0 Å². The van der Waals surface area contributed by atoms with E-state index >= 15 is 0 Å². The first-order chi connectivity index (χ1) is 18.5. The van der Waals surface area contributed by atoms with Crippen LogP contribution in [0.3, 0.4) is 0 Å². The van der Waals surface area contributed by atoms with Crippen molar-refractivity contribution in [2.24, 2.45) is 0 Å². The van der Waals surface area contributed by atoms with Crippen molar-refractivity contribution in [2.75, 3.05) is 17.6 Å². The number of nitrogen functional groups attached to an aromatic ring is 1. The third kappa shape index (κ3) is 5.01. The quantitative estimate of drug-likeness (QED) is 0.333. The highest BCUT2D eigenvalue weighted by Crippen LogP contribution is 2.25. The first-order valence-electron chi connectivity index (χ1n) is 11.5. The molecule has 5 rings (SSSR count). The van der Waals surface area contributed by atoms with Gasteiger partial charge in [-0.3, -0.25) is 14.3 Å². The minimum Gasteiger partial charge on any atom is -0.382 e. The summed E-state index contributed by atoms with van der Waals surface area (Å²) < 4.78 is 28.8. The predicted octanol–water partition coefficient (Wildman–Crippen LogP) is 3.54. The van der Waals surface area contributed by atoms with Gasteiger partial charge in [0.2, 0.25) is 0 Å². The Bertz CT molecular complexity index is 1710. The van der Waals surface area contributed by atoms with Crippen molar-refractivity contribution in [3.63, 3.8) is 0 Å². The number of aromatic nitrogens is 6. The fraction of sp³-hybridized carbons (Fsp3) is 0.111. The Morgan fingerprint density at radius 1 is 1.00 bits per heavy atom. The molecule has 0 saturated heterocycles. The van der Waals surface area contributed by atoms with E-state index in [1.54, 1.807) is 42.6 Å². The van der Waals surface area contributed by atoms with E-state index in [9.17, 15) is 13.6 Å². The van der Waals surface area contributed by atoms with Gasteiger partial charge in [-0.2, -0.15) is 0 Å². The SMILES string of the molecule is Nc1ncnc(NCCc2nc3cccc(C(F)F)c3c(=O)n2-c2ccccc2)c1C#Cc1cnccn1. The molecule has 0 unspecified atom stereocenters. The number of nitrogens with zero attached hydrogens (tertiary/aromatic N) is 6. The van der Waals surface area contributed by atoms with E-state index in [1.807, 2.05) is 0 Å². The van der Waals surface area contributed by atoms with Crippen molar-refractivity contribution in [1.82, 2.24) is 29.5 Å². The Kier molecular flexibility index (Phi) is 6.95.